The third-order valence-corrected chi connectivity index (χ3v) is 3.14. The molecule has 0 N–H and O–H groups in total. The second kappa shape index (κ2) is 5.78. The molecule has 0 bridgehead atoms. The first-order valence-electron chi connectivity index (χ1n) is 6.09. The van der Waals surface area contributed by atoms with Gasteiger partial charge in [0.1, 0.15) is 5.78 Å². The van der Waals surface area contributed by atoms with Gasteiger partial charge in [0.2, 0.25) is 0 Å². The smallest absolute Gasteiger partial charge is 0.286 e. The van der Waals surface area contributed by atoms with Gasteiger partial charge in [-0.05, 0) is 6.92 Å². The third-order valence-electron chi connectivity index (χ3n) is 3.14. The van der Waals surface area contributed by atoms with E-state index < -0.39 is 38.1 Å². The molecule has 0 amide bonds. The zero-order valence-electron chi connectivity index (χ0n) is 11.7. The second-order valence-electron chi connectivity index (χ2n) is 5.10. The van der Waals surface area contributed by atoms with E-state index >= 15 is 0 Å². The first-order chi connectivity index (χ1) is 9.64. The highest BCUT2D eigenvalue weighted by Crippen LogP contribution is 2.33. The van der Waals surface area contributed by atoms with Gasteiger partial charge in [-0.25, -0.2) is 0 Å². The molecule has 8 nitrogen and oxygen atoms in total. The van der Waals surface area contributed by atoms with Gasteiger partial charge in [-0.2, -0.15) is 0 Å². The van der Waals surface area contributed by atoms with Gasteiger partial charge in [-0.15, -0.1) is 0 Å². The summed E-state index contributed by atoms with van der Waals surface area (Å²) in [5.41, 5.74) is -3.48. The van der Waals surface area contributed by atoms with E-state index in [-0.39, 0.29) is 12.1 Å². The number of carbonyl (C=O) groups excluding carboxylic acids is 2. The summed E-state index contributed by atoms with van der Waals surface area (Å²) in [5.74, 6) is -0.770. The average molecular weight is 294 g/mol. The lowest BCUT2D eigenvalue weighted by Gasteiger charge is -2.21. The van der Waals surface area contributed by atoms with E-state index in [0.29, 0.717) is 0 Å². The number of aldehydes is 1. The molecular formula is C13H14N2O6. The first kappa shape index (κ1) is 16.4. The lowest BCUT2D eigenvalue weighted by molar-refractivity contribution is -0.432. The summed E-state index contributed by atoms with van der Waals surface area (Å²) in [6.07, 6.45) is 3.24. The van der Waals surface area contributed by atoms with E-state index in [1.54, 1.807) is 13.8 Å². The van der Waals surface area contributed by atoms with Crippen molar-refractivity contribution in [1.29, 1.82) is 0 Å². The fourth-order valence-corrected chi connectivity index (χ4v) is 2.09. The van der Waals surface area contributed by atoms with Crippen LogP contribution < -0.4 is 0 Å². The van der Waals surface area contributed by atoms with E-state index in [0.717, 1.165) is 12.2 Å². The fourth-order valence-electron chi connectivity index (χ4n) is 2.09. The summed E-state index contributed by atoms with van der Waals surface area (Å²) >= 11 is 0. The van der Waals surface area contributed by atoms with E-state index in [2.05, 4.69) is 0 Å². The molecule has 0 aromatic rings. The van der Waals surface area contributed by atoms with Crippen LogP contribution in [0.4, 0.5) is 0 Å². The largest absolute Gasteiger partial charge is 0.298 e. The number of hydrogen-bond acceptors (Lipinski definition) is 6. The van der Waals surface area contributed by atoms with E-state index in [4.69, 9.17) is 0 Å². The van der Waals surface area contributed by atoms with Gasteiger partial charge >= 0.3 is 0 Å². The van der Waals surface area contributed by atoms with Crippen LogP contribution in [0.3, 0.4) is 0 Å². The molecule has 0 radical (unpaired) electrons. The minimum absolute atomic E-state index is 0.0582. The Bertz CT molecular complexity index is 614. The highest BCUT2D eigenvalue weighted by Gasteiger charge is 2.39. The second-order valence-corrected chi connectivity index (χ2v) is 5.10. The van der Waals surface area contributed by atoms with Crippen molar-refractivity contribution in [3.8, 4) is 0 Å². The van der Waals surface area contributed by atoms with Crippen LogP contribution in [0.5, 0.6) is 0 Å². The van der Waals surface area contributed by atoms with Gasteiger partial charge in [0.15, 0.2) is 11.9 Å². The Morgan fingerprint density at radius 2 is 1.86 bits per heavy atom. The van der Waals surface area contributed by atoms with Crippen molar-refractivity contribution >= 4 is 12.1 Å². The standard InChI is InChI=1S/C13H14N2O6/c1-8(2)12(17)13(3)5-4-10(14(18)19)9(7-16)11(6-13)15(20)21/h4-8H,1-3H3. The summed E-state index contributed by atoms with van der Waals surface area (Å²) in [6.45, 7) is 4.66. The average Bonchev–Trinajstić information content (AvgIpc) is 2.55. The fraction of sp³-hybridized carbons (Fsp3) is 0.385. The van der Waals surface area contributed by atoms with Crippen molar-refractivity contribution in [3.63, 3.8) is 0 Å². The number of nitrogens with zero attached hydrogens (tertiary/aromatic N) is 2. The van der Waals surface area contributed by atoms with Crippen LogP contribution in [-0.4, -0.2) is 21.9 Å². The van der Waals surface area contributed by atoms with Crippen LogP contribution in [0, 0.1) is 31.6 Å². The lowest BCUT2D eigenvalue weighted by Crippen LogP contribution is -2.28. The van der Waals surface area contributed by atoms with Gasteiger partial charge in [-0.1, -0.05) is 19.9 Å². The van der Waals surface area contributed by atoms with Crippen LogP contribution >= 0.6 is 0 Å². The summed E-state index contributed by atoms with van der Waals surface area (Å²) in [7, 11) is 0. The van der Waals surface area contributed by atoms with Crippen molar-refractivity contribution in [2.24, 2.45) is 11.3 Å². The Labute approximate surface area is 120 Å². The number of allylic oxidation sites excluding steroid dienone is 4. The minimum Gasteiger partial charge on any atom is -0.298 e. The van der Waals surface area contributed by atoms with Gasteiger partial charge in [0, 0.05) is 18.1 Å². The van der Waals surface area contributed by atoms with Crippen LogP contribution in [0.1, 0.15) is 20.8 Å². The minimum atomic E-state index is -1.39. The lowest BCUT2D eigenvalue weighted by atomic mass is 9.79. The van der Waals surface area contributed by atoms with E-state index in [1.807, 2.05) is 0 Å². The Morgan fingerprint density at radius 3 is 2.24 bits per heavy atom. The van der Waals surface area contributed by atoms with Crippen molar-refractivity contribution < 1.29 is 19.4 Å². The number of rotatable bonds is 5. The van der Waals surface area contributed by atoms with Crippen LogP contribution in [-0.2, 0) is 9.59 Å². The third kappa shape index (κ3) is 3.10. The first-order valence-corrected chi connectivity index (χ1v) is 6.09. The zero-order chi connectivity index (χ0) is 16.4. The molecule has 112 valence electrons. The van der Waals surface area contributed by atoms with Gasteiger partial charge < -0.3 is 0 Å². The molecule has 1 rings (SSSR count). The van der Waals surface area contributed by atoms with E-state index in [1.165, 1.54) is 13.0 Å². The predicted octanol–water partition coefficient (Wildman–Crippen LogP) is 1.68. The molecule has 0 aromatic carbocycles. The van der Waals surface area contributed by atoms with E-state index in [9.17, 15) is 29.8 Å². The van der Waals surface area contributed by atoms with Crippen molar-refractivity contribution in [2.45, 2.75) is 20.8 Å². The molecule has 0 heterocycles. The molecule has 8 heteroatoms. The summed E-state index contributed by atoms with van der Waals surface area (Å²) in [4.78, 5) is 43.5. The van der Waals surface area contributed by atoms with Crippen molar-refractivity contribution in [1.82, 2.24) is 0 Å². The Hall–Kier alpha value is -2.64. The molecule has 1 aliphatic carbocycles. The molecule has 0 aromatic heterocycles. The van der Waals surface area contributed by atoms with Gasteiger partial charge in [0.05, 0.1) is 15.3 Å². The molecule has 0 aliphatic heterocycles. The maximum Gasteiger partial charge on any atom is 0.286 e. The number of Topliss-reactive ketones (excluding diaryl/α,β-unsaturated/α-hetero) is 1. The highest BCUT2D eigenvalue weighted by atomic mass is 16.6. The molecular weight excluding hydrogens is 280 g/mol. The number of nitro groups is 2. The number of hydrogen-bond donors (Lipinski definition) is 0. The van der Waals surface area contributed by atoms with Crippen molar-refractivity contribution in [3.05, 3.63) is 55.4 Å². The van der Waals surface area contributed by atoms with Gasteiger partial charge in [0.25, 0.3) is 11.4 Å². The maximum absolute atomic E-state index is 12.2. The topological polar surface area (TPSA) is 120 Å². The normalized spacial score (nSPS) is 21.8. The molecule has 0 spiro atoms. The molecule has 1 aliphatic rings. The monoisotopic (exact) mass is 294 g/mol. The number of ketones is 1. The SMILES string of the molecule is CC(C)C(=O)C1(C)C=CC([N+](=O)[O-])=C(C=O)C([N+](=O)[O-])=C1. The molecule has 0 fully saturated rings. The molecule has 1 atom stereocenters. The Morgan fingerprint density at radius 1 is 1.29 bits per heavy atom. The predicted molar refractivity (Wildman–Crippen MR) is 72.3 cm³/mol. The van der Waals surface area contributed by atoms with Crippen LogP contribution in [0.2, 0.25) is 0 Å². The van der Waals surface area contributed by atoms with Crippen LogP contribution in [0.15, 0.2) is 35.2 Å². The van der Waals surface area contributed by atoms with Crippen molar-refractivity contribution in [2.75, 3.05) is 0 Å². The summed E-state index contributed by atoms with van der Waals surface area (Å²) < 4.78 is 0. The Kier molecular flexibility index (Phi) is 4.52. The quantitative estimate of drug-likeness (QED) is 0.432. The Balaban J connectivity index is 3.63. The molecule has 21 heavy (non-hydrogen) atoms. The molecule has 1 unspecified atom stereocenters. The zero-order valence-corrected chi connectivity index (χ0v) is 11.7. The highest BCUT2D eigenvalue weighted by molar-refractivity contribution is 5.91. The molecule has 0 saturated carbocycles. The summed E-state index contributed by atoms with van der Waals surface area (Å²) in [6, 6.07) is 0. The molecule has 0 saturated heterocycles. The maximum atomic E-state index is 12.2. The summed E-state index contributed by atoms with van der Waals surface area (Å²) in [5, 5.41) is 22.1. The van der Waals surface area contributed by atoms with Gasteiger partial charge in [-0.3, -0.25) is 29.8 Å². The van der Waals surface area contributed by atoms with Crippen LogP contribution in [0.25, 0.3) is 0 Å². The number of carbonyl (C=O) groups is 2.